The van der Waals surface area contributed by atoms with E-state index in [1.54, 1.807) is 30.5 Å². The highest BCUT2D eigenvalue weighted by atomic mass is 16.4. The molecular weight excluding hydrogens is 881 g/mol. The predicted molar refractivity (Wildman–Crippen MR) is 237 cm³/mol. The molecule has 1 aliphatic rings. The quantitative estimate of drug-likeness (QED) is 0.0412. The monoisotopic (exact) mass is 938 g/mol. The lowest BCUT2D eigenvalue weighted by molar-refractivity contribution is -0.143. The molecule has 364 valence electrons. The fourth-order valence-corrected chi connectivity index (χ4v) is 7.02. The van der Waals surface area contributed by atoms with Gasteiger partial charge in [-0.2, -0.15) is 0 Å². The third-order valence-corrected chi connectivity index (χ3v) is 10.6. The van der Waals surface area contributed by atoms with Crippen molar-refractivity contribution in [2.24, 2.45) is 22.2 Å². The van der Waals surface area contributed by atoms with Gasteiger partial charge in [-0.15, -0.1) is 0 Å². The Morgan fingerprint density at radius 3 is 2.19 bits per heavy atom. The second-order valence-electron chi connectivity index (χ2n) is 15.8. The summed E-state index contributed by atoms with van der Waals surface area (Å²) < 4.78 is 0. The number of carbonyl (C=O) groups is 9. The van der Waals surface area contributed by atoms with Crippen molar-refractivity contribution in [2.45, 2.75) is 107 Å². The minimum atomic E-state index is -1.92. The van der Waals surface area contributed by atoms with Gasteiger partial charge in [0, 0.05) is 61.3 Å². The summed E-state index contributed by atoms with van der Waals surface area (Å²) in [4.78, 5) is 134. The normalized spacial score (nSPS) is 22.6. The number of aliphatic imine (C=N–C) groups is 1. The molecule has 0 spiro atoms. The van der Waals surface area contributed by atoms with Gasteiger partial charge in [0.25, 0.3) is 0 Å². The Hall–Kier alpha value is -7.61. The number of nitrogens with one attached hydrogen (secondary N) is 9. The van der Waals surface area contributed by atoms with Crippen molar-refractivity contribution in [1.29, 1.82) is 0 Å². The number of aliphatic hydroxyl groups excluding tert-OH is 1. The number of hydrogen-bond donors (Lipinski definition) is 15. The first-order valence-electron chi connectivity index (χ1n) is 21.4. The summed E-state index contributed by atoms with van der Waals surface area (Å²) >= 11 is 0. The molecule has 7 atom stereocenters. The van der Waals surface area contributed by atoms with Crippen molar-refractivity contribution in [3.05, 3.63) is 54.2 Å². The number of nitrogens with zero attached hydrogens (tertiary/aromatic N) is 2. The fourth-order valence-electron chi connectivity index (χ4n) is 7.02. The van der Waals surface area contributed by atoms with Crippen LogP contribution >= 0.6 is 0 Å². The molecule has 4 rings (SSSR count). The van der Waals surface area contributed by atoms with E-state index >= 15 is 0 Å². The molecule has 0 radical (unpaired) electrons. The average Bonchev–Trinajstić information content (AvgIpc) is 3.96. The summed E-state index contributed by atoms with van der Waals surface area (Å²) in [6, 6.07) is -3.92. The van der Waals surface area contributed by atoms with Crippen LogP contribution in [0.1, 0.15) is 62.6 Å². The molecule has 0 saturated carbocycles. The van der Waals surface area contributed by atoms with Gasteiger partial charge >= 0.3 is 11.9 Å². The first kappa shape index (κ1) is 52.0. The molecule has 7 amide bonds. The van der Waals surface area contributed by atoms with Crippen LogP contribution in [0.15, 0.2) is 48.0 Å². The third kappa shape index (κ3) is 16.7. The number of aromatic amines is 2. The van der Waals surface area contributed by atoms with E-state index < -0.39 is 121 Å². The number of hydrogen-bond acceptors (Lipinski definition) is 13. The largest absolute Gasteiger partial charge is 0.481 e. The lowest BCUT2D eigenvalue weighted by Gasteiger charge is -2.27. The molecule has 26 heteroatoms. The Labute approximate surface area is 382 Å². The third-order valence-electron chi connectivity index (χ3n) is 10.6. The fraction of sp³-hybridized carbons (Fsp3) is 0.488. The Morgan fingerprint density at radius 2 is 1.51 bits per heavy atom. The SMILES string of the molecule is NC(N)=NCCC[C@@H]1NC(=O)[C@H](CO)NC(=O)[C@H](N)CCCCNC(=O)CC[C@H](C(=O)N[C@@H](Cc2cnc[nH]2)C(=O)O)NC(=O)[C@H](CC(=O)O)NC(=O)[C@H](Cc2c[nH]c3ccccc23)NC1=O. The maximum Gasteiger partial charge on any atom is 0.326 e. The summed E-state index contributed by atoms with van der Waals surface area (Å²) in [5.74, 6) is -9.93. The van der Waals surface area contributed by atoms with Crippen LogP contribution in [0.5, 0.6) is 0 Å². The van der Waals surface area contributed by atoms with E-state index in [-0.39, 0.29) is 51.2 Å². The molecule has 26 nitrogen and oxygen atoms in total. The van der Waals surface area contributed by atoms with Crippen LogP contribution in [0.2, 0.25) is 0 Å². The molecular formula is C41H58N14O12. The summed E-state index contributed by atoms with van der Waals surface area (Å²) in [6.07, 6.45) is 2.52. The first-order valence-corrected chi connectivity index (χ1v) is 21.4. The number of nitrogens with two attached hydrogens (primary N) is 3. The van der Waals surface area contributed by atoms with E-state index in [9.17, 15) is 58.5 Å². The topological polar surface area (TPSA) is 433 Å². The number of amides is 7. The van der Waals surface area contributed by atoms with Gasteiger partial charge in [0.2, 0.25) is 41.4 Å². The number of carbonyl (C=O) groups excluding carboxylic acids is 7. The average molecular weight is 939 g/mol. The van der Waals surface area contributed by atoms with Crippen LogP contribution < -0.4 is 54.4 Å². The van der Waals surface area contributed by atoms with E-state index in [0.29, 0.717) is 35.0 Å². The Balaban J connectivity index is 1.72. The van der Waals surface area contributed by atoms with Crippen molar-refractivity contribution < 1.29 is 58.5 Å². The highest BCUT2D eigenvalue weighted by Gasteiger charge is 2.35. The van der Waals surface area contributed by atoms with Gasteiger partial charge in [0.05, 0.1) is 25.4 Å². The van der Waals surface area contributed by atoms with E-state index in [0.717, 1.165) is 0 Å². The van der Waals surface area contributed by atoms with Gasteiger partial charge in [0.1, 0.15) is 36.3 Å². The number of benzene rings is 1. The van der Waals surface area contributed by atoms with Crippen molar-refractivity contribution in [3.8, 4) is 0 Å². The number of carboxylic acids is 2. The molecule has 18 N–H and O–H groups in total. The lowest BCUT2D eigenvalue weighted by Crippen LogP contribution is -2.60. The number of imidazole rings is 1. The van der Waals surface area contributed by atoms with Gasteiger partial charge in [-0.05, 0) is 50.2 Å². The number of guanidine groups is 1. The second-order valence-corrected chi connectivity index (χ2v) is 15.8. The van der Waals surface area contributed by atoms with Crippen LogP contribution in [-0.2, 0) is 56.0 Å². The van der Waals surface area contributed by atoms with Gasteiger partial charge < -0.3 is 79.7 Å². The number of aromatic nitrogens is 3. The van der Waals surface area contributed by atoms with Crippen molar-refractivity contribution in [3.63, 3.8) is 0 Å². The van der Waals surface area contributed by atoms with Crippen LogP contribution in [0.4, 0.5) is 0 Å². The van der Waals surface area contributed by atoms with Crippen molar-refractivity contribution in [2.75, 3.05) is 19.7 Å². The Bertz CT molecular complexity index is 2250. The summed E-state index contributed by atoms with van der Waals surface area (Å²) in [5, 5.41) is 47.7. The summed E-state index contributed by atoms with van der Waals surface area (Å²) in [6.45, 7) is -0.806. The predicted octanol–water partition coefficient (Wildman–Crippen LogP) is -4.40. The summed E-state index contributed by atoms with van der Waals surface area (Å²) in [7, 11) is 0. The van der Waals surface area contributed by atoms with Crippen LogP contribution in [0.25, 0.3) is 10.9 Å². The molecule has 2 aromatic heterocycles. The molecule has 3 aromatic rings. The Kier molecular flexibility index (Phi) is 20.0. The van der Waals surface area contributed by atoms with E-state index in [1.165, 1.54) is 12.5 Å². The number of H-pyrrole nitrogens is 2. The maximum atomic E-state index is 14.3. The van der Waals surface area contributed by atoms with Crippen LogP contribution in [0.3, 0.4) is 0 Å². The highest BCUT2D eigenvalue weighted by molar-refractivity contribution is 5.98. The molecule has 3 heterocycles. The Morgan fingerprint density at radius 1 is 0.836 bits per heavy atom. The number of carboxylic acid groups (broad SMARTS) is 2. The minimum absolute atomic E-state index is 0.00610. The zero-order valence-electron chi connectivity index (χ0n) is 36.4. The molecule has 1 aromatic carbocycles. The number of fused-ring (bicyclic) bond motifs is 1. The summed E-state index contributed by atoms with van der Waals surface area (Å²) in [5.41, 5.74) is 18.5. The molecule has 0 unspecified atom stereocenters. The van der Waals surface area contributed by atoms with Crippen LogP contribution in [0, 0.1) is 0 Å². The molecule has 0 bridgehead atoms. The number of para-hydroxylation sites is 1. The zero-order chi connectivity index (χ0) is 49.0. The number of rotatable bonds is 14. The maximum absolute atomic E-state index is 14.3. The molecule has 1 fully saturated rings. The zero-order valence-corrected chi connectivity index (χ0v) is 36.4. The van der Waals surface area contributed by atoms with Gasteiger partial charge in [-0.3, -0.25) is 43.3 Å². The van der Waals surface area contributed by atoms with E-state index in [4.69, 9.17) is 17.2 Å². The second kappa shape index (κ2) is 25.8. The number of aliphatic carboxylic acids is 2. The van der Waals surface area contributed by atoms with Gasteiger partial charge in [-0.1, -0.05) is 18.2 Å². The number of aliphatic hydroxyl groups is 1. The van der Waals surface area contributed by atoms with Gasteiger partial charge in [-0.25, -0.2) is 9.78 Å². The molecule has 1 saturated heterocycles. The minimum Gasteiger partial charge on any atom is -0.481 e. The van der Waals surface area contributed by atoms with Gasteiger partial charge in [0.15, 0.2) is 5.96 Å². The highest BCUT2D eigenvalue weighted by Crippen LogP contribution is 2.20. The van der Waals surface area contributed by atoms with E-state index in [1.807, 2.05) is 0 Å². The molecule has 67 heavy (non-hydrogen) atoms. The van der Waals surface area contributed by atoms with Crippen LogP contribution in [-0.4, -0.2) is 152 Å². The standard InChI is InChI=1S/C41H58N14O12/c42-24-7-3-4-12-46-32(57)11-10-27(36(62)54-30(40(66)67)15-22-18-45-20-49-22)51-38(64)29(16-33(58)59)53-37(63)28(14-21-17-48-25-8-2-1-6-23(21)25)52-35(61)26(9-5-13-47-41(43)44)50-39(65)31(19-56)55-34(24)60/h1-2,6,8,17-18,20,24,26-31,48,56H,3-5,7,9-16,19,42H2,(H,45,49)(H,46,57)(H,50,65)(H,51,64)(H,52,61)(H,53,63)(H,54,62)(H,55,60)(H,58,59)(H,66,67)(H4,43,44,47)/t24-,26+,27-,28+,29+,30+,31+/m1/s1. The van der Waals surface area contributed by atoms with Crippen molar-refractivity contribution in [1.82, 2.24) is 52.2 Å². The smallest absolute Gasteiger partial charge is 0.326 e. The van der Waals surface area contributed by atoms with E-state index in [2.05, 4.69) is 57.2 Å². The molecule has 0 aliphatic carbocycles. The lowest BCUT2D eigenvalue weighted by atomic mass is 10.0. The first-order chi connectivity index (χ1) is 31.9. The molecule has 1 aliphatic heterocycles. The van der Waals surface area contributed by atoms with Crippen molar-refractivity contribution >= 4 is 70.2 Å².